The number of carbonyl (C=O) groups excluding carboxylic acids is 1. The Morgan fingerprint density at radius 1 is 1.25 bits per heavy atom. The monoisotopic (exact) mass is 382 g/mol. The number of para-hydroxylation sites is 1. The van der Waals surface area contributed by atoms with Gasteiger partial charge in [0.05, 0.1) is 5.52 Å². The maximum atomic E-state index is 12.9. The second kappa shape index (κ2) is 5.60. The number of rotatable bonds is 2. The lowest BCUT2D eigenvalue weighted by Crippen LogP contribution is -2.23. The van der Waals surface area contributed by atoms with Crippen LogP contribution in [0.4, 0.5) is 5.69 Å². The van der Waals surface area contributed by atoms with Crippen LogP contribution in [0.5, 0.6) is 0 Å². The molecule has 0 saturated heterocycles. The molecule has 0 radical (unpaired) electrons. The fourth-order valence-corrected chi connectivity index (χ4v) is 3.85. The van der Waals surface area contributed by atoms with Gasteiger partial charge in [-0.15, -0.1) is 0 Å². The van der Waals surface area contributed by atoms with Crippen LogP contribution in [-0.2, 0) is 6.42 Å². The van der Waals surface area contributed by atoms with E-state index >= 15 is 0 Å². The first-order chi connectivity index (χ1) is 11.5. The minimum Gasteiger partial charge on any atom is -0.343 e. The molecule has 4 rings (SSSR count). The lowest BCUT2D eigenvalue weighted by atomic mass is 10.1. The summed E-state index contributed by atoms with van der Waals surface area (Å²) in [6, 6.07) is 13.2. The van der Waals surface area contributed by atoms with E-state index in [1.165, 1.54) is 0 Å². The summed E-state index contributed by atoms with van der Waals surface area (Å²) in [5.74, 6) is -0.377. The van der Waals surface area contributed by atoms with E-state index in [9.17, 15) is 9.59 Å². The van der Waals surface area contributed by atoms with E-state index in [-0.39, 0.29) is 22.9 Å². The van der Waals surface area contributed by atoms with E-state index in [4.69, 9.17) is 0 Å². The number of halogens is 1. The van der Waals surface area contributed by atoms with Crippen molar-refractivity contribution in [2.75, 3.05) is 5.32 Å². The first-order valence-corrected chi connectivity index (χ1v) is 8.57. The van der Waals surface area contributed by atoms with Crippen molar-refractivity contribution in [3.8, 4) is 0 Å². The van der Waals surface area contributed by atoms with Gasteiger partial charge in [0.15, 0.2) is 0 Å². The molecule has 0 unspecified atom stereocenters. The van der Waals surface area contributed by atoms with Gasteiger partial charge < -0.3 is 9.88 Å². The van der Waals surface area contributed by atoms with Crippen LogP contribution in [0.3, 0.4) is 0 Å². The van der Waals surface area contributed by atoms with Crippen molar-refractivity contribution in [2.45, 2.75) is 19.4 Å². The molecule has 1 N–H and O–H groups in total. The number of carbonyl (C=O) groups is 1. The standard InChI is InChI=1S/C19H15BrN2O2/c1-11-7-12-8-13(20)9-15-17(12)22(11)10-16(18(15)23)19(24)21-14-5-3-2-4-6-14/h2-6,8-11H,7H2,1H3,(H,21,24)/t11-/m1/s1. The van der Waals surface area contributed by atoms with E-state index < -0.39 is 0 Å². The zero-order chi connectivity index (χ0) is 16.8. The third-order valence-electron chi connectivity index (χ3n) is 4.44. The lowest BCUT2D eigenvalue weighted by molar-refractivity contribution is 0.102. The number of pyridine rings is 1. The van der Waals surface area contributed by atoms with Crippen LogP contribution < -0.4 is 10.7 Å². The third kappa shape index (κ3) is 2.36. The molecule has 1 amide bonds. The van der Waals surface area contributed by atoms with Gasteiger partial charge in [-0.2, -0.15) is 0 Å². The van der Waals surface area contributed by atoms with Gasteiger partial charge in [-0.1, -0.05) is 34.1 Å². The Labute approximate surface area is 147 Å². The fourth-order valence-electron chi connectivity index (χ4n) is 3.34. The Morgan fingerprint density at radius 2 is 2.00 bits per heavy atom. The Balaban J connectivity index is 1.88. The van der Waals surface area contributed by atoms with E-state index in [1.807, 2.05) is 28.8 Å². The predicted molar refractivity (Wildman–Crippen MR) is 98.7 cm³/mol. The summed E-state index contributed by atoms with van der Waals surface area (Å²) in [6.45, 7) is 2.09. The molecule has 2 heterocycles. The lowest BCUT2D eigenvalue weighted by Gasteiger charge is -2.13. The van der Waals surface area contributed by atoms with Gasteiger partial charge in [-0.25, -0.2) is 0 Å². The Kier molecular flexibility index (Phi) is 3.53. The molecule has 1 aliphatic rings. The Morgan fingerprint density at radius 3 is 2.75 bits per heavy atom. The highest BCUT2D eigenvalue weighted by molar-refractivity contribution is 9.10. The molecule has 0 saturated carbocycles. The number of benzene rings is 2. The van der Waals surface area contributed by atoms with Crippen LogP contribution in [0.15, 0.2) is 57.9 Å². The van der Waals surface area contributed by atoms with Crippen LogP contribution in [0, 0.1) is 0 Å². The summed E-state index contributed by atoms with van der Waals surface area (Å²) < 4.78 is 2.90. The van der Waals surface area contributed by atoms with Crippen molar-refractivity contribution in [2.24, 2.45) is 0 Å². The first kappa shape index (κ1) is 15.1. The van der Waals surface area contributed by atoms with E-state index in [0.717, 1.165) is 22.0 Å². The molecule has 3 aromatic rings. The molecule has 120 valence electrons. The largest absolute Gasteiger partial charge is 0.343 e. The molecular weight excluding hydrogens is 368 g/mol. The number of nitrogens with zero attached hydrogens (tertiary/aromatic N) is 1. The van der Waals surface area contributed by atoms with E-state index in [2.05, 4.69) is 28.2 Å². The van der Waals surface area contributed by atoms with Crippen LogP contribution in [0.25, 0.3) is 10.9 Å². The number of nitrogens with one attached hydrogen (secondary N) is 1. The van der Waals surface area contributed by atoms with Crippen molar-refractivity contribution >= 4 is 38.4 Å². The van der Waals surface area contributed by atoms with Crippen molar-refractivity contribution < 1.29 is 4.79 Å². The van der Waals surface area contributed by atoms with Crippen molar-refractivity contribution in [1.29, 1.82) is 0 Å². The molecular formula is C19H15BrN2O2. The topological polar surface area (TPSA) is 51.1 Å². The van der Waals surface area contributed by atoms with Crippen molar-refractivity contribution in [3.63, 3.8) is 0 Å². The zero-order valence-electron chi connectivity index (χ0n) is 13.0. The quantitative estimate of drug-likeness (QED) is 0.724. The van der Waals surface area contributed by atoms with Crippen molar-refractivity contribution in [3.05, 3.63) is 74.5 Å². The molecule has 0 spiro atoms. The van der Waals surface area contributed by atoms with E-state index in [0.29, 0.717) is 11.1 Å². The zero-order valence-corrected chi connectivity index (χ0v) is 14.6. The maximum absolute atomic E-state index is 12.9. The molecule has 1 atom stereocenters. The minimum atomic E-state index is -0.377. The average Bonchev–Trinajstić information content (AvgIpc) is 2.87. The average molecular weight is 383 g/mol. The minimum absolute atomic E-state index is 0.171. The summed E-state index contributed by atoms with van der Waals surface area (Å²) in [5.41, 5.74) is 2.69. The van der Waals surface area contributed by atoms with Gasteiger partial charge >= 0.3 is 0 Å². The summed E-state index contributed by atoms with van der Waals surface area (Å²) >= 11 is 3.47. The fraction of sp³-hybridized carbons (Fsp3) is 0.158. The maximum Gasteiger partial charge on any atom is 0.261 e. The van der Waals surface area contributed by atoms with Crippen LogP contribution in [0.2, 0.25) is 0 Å². The van der Waals surface area contributed by atoms with Crippen molar-refractivity contribution in [1.82, 2.24) is 4.57 Å². The smallest absolute Gasteiger partial charge is 0.261 e. The van der Waals surface area contributed by atoms with Gasteiger partial charge in [0.25, 0.3) is 5.91 Å². The van der Waals surface area contributed by atoms with E-state index in [1.54, 1.807) is 24.4 Å². The highest BCUT2D eigenvalue weighted by Crippen LogP contribution is 2.33. The number of anilines is 1. The van der Waals surface area contributed by atoms with Gasteiger partial charge in [-0.3, -0.25) is 9.59 Å². The molecule has 5 heteroatoms. The molecule has 1 aliphatic heterocycles. The molecule has 2 aromatic carbocycles. The van der Waals surface area contributed by atoms with Crippen LogP contribution in [0.1, 0.15) is 28.9 Å². The second-order valence-corrected chi connectivity index (χ2v) is 7.03. The number of amides is 1. The van der Waals surface area contributed by atoms with Gasteiger partial charge in [0.2, 0.25) is 5.43 Å². The predicted octanol–water partition coefficient (Wildman–Crippen LogP) is 4.13. The molecule has 24 heavy (non-hydrogen) atoms. The number of aromatic nitrogens is 1. The third-order valence-corrected chi connectivity index (χ3v) is 4.89. The van der Waals surface area contributed by atoms with Gasteiger partial charge in [-0.05, 0) is 43.2 Å². The Hall–Kier alpha value is -2.40. The highest BCUT2D eigenvalue weighted by atomic mass is 79.9. The molecule has 0 bridgehead atoms. The van der Waals surface area contributed by atoms with Gasteiger partial charge in [0, 0.05) is 27.8 Å². The number of hydrogen-bond acceptors (Lipinski definition) is 2. The number of hydrogen-bond donors (Lipinski definition) is 1. The normalized spacial score (nSPS) is 15.7. The van der Waals surface area contributed by atoms with Gasteiger partial charge in [0.1, 0.15) is 5.56 Å². The highest BCUT2D eigenvalue weighted by Gasteiger charge is 2.25. The second-order valence-electron chi connectivity index (χ2n) is 6.11. The Bertz CT molecular complexity index is 1020. The summed E-state index contributed by atoms with van der Waals surface area (Å²) in [4.78, 5) is 25.5. The molecule has 4 nitrogen and oxygen atoms in total. The molecule has 0 fully saturated rings. The SMILES string of the molecule is C[C@@H]1Cc2cc(Br)cc3c(=O)c(C(=O)Nc4ccccc4)cn1c23. The summed E-state index contributed by atoms with van der Waals surface area (Å²) in [7, 11) is 0. The van der Waals surface area contributed by atoms with Crippen LogP contribution >= 0.6 is 15.9 Å². The van der Waals surface area contributed by atoms with Crippen LogP contribution in [-0.4, -0.2) is 10.5 Å². The first-order valence-electron chi connectivity index (χ1n) is 7.78. The summed E-state index contributed by atoms with van der Waals surface area (Å²) in [6.07, 6.45) is 2.55. The summed E-state index contributed by atoms with van der Waals surface area (Å²) in [5, 5.41) is 3.38. The molecule has 1 aromatic heterocycles. The molecule has 0 aliphatic carbocycles.